The Labute approximate surface area is 178 Å². The number of hydrogen-bond acceptors (Lipinski definition) is 4. The van der Waals surface area contributed by atoms with Crippen LogP contribution in [-0.2, 0) is 9.53 Å². The van der Waals surface area contributed by atoms with E-state index >= 15 is 0 Å². The number of esters is 1. The molecule has 1 saturated heterocycles. The van der Waals surface area contributed by atoms with Gasteiger partial charge >= 0.3 is 5.97 Å². The zero-order valence-electron chi connectivity index (χ0n) is 16.8. The first-order valence-corrected chi connectivity index (χ1v) is 10.4. The van der Waals surface area contributed by atoms with Crippen molar-refractivity contribution in [2.75, 3.05) is 26.2 Å². The third-order valence-corrected chi connectivity index (χ3v) is 5.94. The van der Waals surface area contributed by atoms with Gasteiger partial charge in [-0.25, -0.2) is 9.18 Å². The first-order valence-electron chi connectivity index (χ1n) is 10.4. The molecule has 2 aromatic rings. The summed E-state index contributed by atoms with van der Waals surface area (Å²) in [5.41, 5.74) is 1.67. The number of amides is 2. The van der Waals surface area contributed by atoms with Gasteiger partial charge in [-0.2, -0.15) is 0 Å². The van der Waals surface area contributed by atoms with Crippen molar-refractivity contribution in [3.05, 3.63) is 70.5 Å². The normalized spacial score (nSPS) is 19.4. The molecule has 0 N–H and O–H groups in total. The molecule has 2 heterocycles. The van der Waals surface area contributed by atoms with Crippen molar-refractivity contribution in [3.63, 3.8) is 0 Å². The monoisotopic (exact) mass is 420 g/mol. The van der Waals surface area contributed by atoms with Crippen LogP contribution in [0, 0.1) is 11.7 Å². The molecule has 31 heavy (non-hydrogen) atoms. The highest BCUT2D eigenvalue weighted by atomic mass is 19.1. The molecule has 0 atom stereocenters. The summed E-state index contributed by atoms with van der Waals surface area (Å²) in [6, 6.07) is 11.3. The van der Waals surface area contributed by atoms with Crippen LogP contribution in [0.3, 0.4) is 0 Å². The molecular weight excluding hydrogens is 399 g/mol. The van der Waals surface area contributed by atoms with E-state index in [9.17, 15) is 18.8 Å². The van der Waals surface area contributed by atoms with E-state index in [1.165, 1.54) is 12.1 Å². The standard InChI is InChI=1S/C24H21FN2O4/c25-20-8-5-15(14-21-17-3-1-2-4-18(17)24(30)31-21)13-19(20)23(29)27-11-9-26(10-12-27)22(28)16-6-7-16/h1-5,8,13-14,16H,6-7,9-12H2/b21-14-. The van der Waals surface area contributed by atoms with E-state index in [4.69, 9.17) is 4.74 Å². The number of carbonyl (C=O) groups excluding carboxylic acids is 3. The number of fused-ring (bicyclic) bond motifs is 1. The molecule has 6 nitrogen and oxygen atoms in total. The van der Waals surface area contributed by atoms with Crippen molar-refractivity contribution in [3.8, 4) is 0 Å². The SMILES string of the molecule is O=C1O/C(=C\c2ccc(F)c(C(=O)N3CCN(C(=O)C4CC4)CC3)c2)c2ccccc21. The number of halogens is 1. The summed E-state index contributed by atoms with van der Waals surface area (Å²) in [6.45, 7) is 1.71. The van der Waals surface area contributed by atoms with Gasteiger partial charge in [0.2, 0.25) is 5.91 Å². The Morgan fingerprint density at radius 1 is 0.968 bits per heavy atom. The second-order valence-corrected chi connectivity index (χ2v) is 8.07. The molecule has 0 bridgehead atoms. The van der Waals surface area contributed by atoms with Gasteiger partial charge in [-0.05, 0) is 42.7 Å². The third-order valence-electron chi connectivity index (χ3n) is 5.94. The van der Waals surface area contributed by atoms with E-state index in [0.29, 0.717) is 48.6 Å². The first kappa shape index (κ1) is 19.5. The second kappa shape index (κ2) is 7.65. The summed E-state index contributed by atoms with van der Waals surface area (Å²) in [4.78, 5) is 40.5. The molecule has 7 heteroatoms. The molecule has 2 amide bonds. The minimum Gasteiger partial charge on any atom is -0.422 e. The summed E-state index contributed by atoms with van der Waals surface area (Å²) in [5, 5.41) is 0. The largest absolute Gasteiger partial charge is 0.422 e. The molecule has 1 saturated carbocycles. The molecule has 2 aliphatic heterocycles. The van der Waals surface area contributed by atoms with Gasteiger partial charge in [0.15, 0.2) is 0 Å². The number of ether oxygens (including phenoxy) is 1. The van der Waals surface area contributed by atoms with Gasteiger partial charge in [0, 0.05) is 37.7 Å². The molecule has 158 valence electrons. The molecule has 1 aliphatic carbocycles. The van der Waals surface area contributed by atoms with E-state index in [0.717, 1.165) is 12.8 Å². The molecule has 3 aliphatic rings. The van der Waals surface area contributed by atoms with E-state index in [1.807, 2.05) is 6.07 Å². The van der Waals surface area contributed by atoms with Crippen LogP contribution in [-0.4, -0.2) is 53.8 Å². The third kappa shape index (κ3) is 3.71. The van der Waals surface area contributed by atoms with Crippen molar-refractivity contribution < 1.29 is 23.5 Å². The van der Waals surface area contributed by atoms with Crippen molar-refractivity contribution in [2.45, 2.75) is 12.8 Å². The lowest BCUT2D eigenvalue weighted by molar-refractivity contribution is -0.134. The van der Waals surface area contributed by atoms with Gasteiger partial charge in [0.05, 0.1) is 11.1 Å². The molecule has 0 spiro atoms. The Kier molecular flexibility index (Phi) is 4.81. The average Bonchev–Trinajstić information content (AvgIpc) is 3.60. The Hall–Kier alpha value is -3.48. The number of carbonyl (C=O) groups is 3. The van der Waals surface area contributed by atoms with Crippen molar-refractivity contribution in [1.82, 2.24) is 9.80 Å². The first-order chi connectivity index (χ1) is 15.0. The van der Waals surface area contributed by atoms with E-state index in [2.05, 4.69) is 0 Å². The van der Waals surface area contributed by atoms with Crippen LogP contribution in [0.15, 0.2) is 42.5 Å². The Balaban J connectivity index is 1.34. The Bertz CT molecular complexity index is 1110. The maximum absolute atomic E-state index is 14.5. The van der Waals surface area contributed by atoms with Crippen molar-refractivity contribution in [2.24, 2.45) is 5.92 Å². The fourth-order valence-electron chi connectivity index (χ4n) is 4.03. The fraction of sp³-hybridized carbons (Fsp3) is 0.292. The molecule has 0 aromatic heterocycles. The van der Waals surface area contributed by atoms with Gasteiger partial charge in [-0.15, -0.1) is 0 Å². The molecule has 5 rings (SSSR count). The average molecular weight is 420 g/mol. The lowest BCUT2D eigenvalue weighted by Gasteiger charge is -2.35. The van der Waals surface area contributed by atoms with Crippen LogP contribution < -0.4 is 0 Å². The smallest absolute Gasteiger partial charge is 0.344 e. The van der Waals surface area contributed by atoms with Crippen LogP contribution in [0.25, 0.3) is 11.8 Å². The summed E-state index contributed by atoms with van der Waals surface area (Å²) < 4.78 is 19.8. The van der Waals surface area contributed by atoms with Crippen LogP contribution >= 0.6 is 0 Å². The number of benzene rings is 2. The van der Waals surface area contributed by atoms with Crippen LogP contribution in [0.1, 0.15) is 44.7 Å². The highest BCUT2D eigenvalue weighted by Crippen LogP contribution is 2.32. The van der Waals surface area contributed by atoms with Gasteiger partial charge in [-0.1, -0.05) is 24.3 Å². The zero-order valence-corrected chi connectivity index (χ0v) is 16.8. The van der Waals surface area contributed by atoms with E-state index < -0.39 is 17.7 Å². The molecule has 0 unspecified atom stereocenters. The Morgan fingerprint density at radius 2 is 1.65 bits per heavy atom. The zero-order chi connectivity index (χ0) is 21.5. The predicted octanol–water partition coefficient (Wildman–Crippen LogP) is 3.19. The highest BCUT2D eigenvalue weighted by Gasteiger charge is 2.35. The summed E-state index contributed by atoms with van der Waals surface area (Å²) >= 11 is 0. The van der Waals surface area contributed by atoms with Gasteiger partial charge in [0.1, 0.15) is 11.6 Å². The number of hydrogen-bond donors (Lipinski definition) is 0. The maximum atomic E-state index is 14.5. The number of piperazine rings is 1. The second-order valence-electron chi connectivity index (χ2n) is 8.07. The molecule has 2 aromatic carbocycles. The Morgan fingerprint density at radius 3 is 2.35 bits per heavy atom. The van der Waals surface area contributed by atoms with Crippen molar-refractivity contribution in [1.29, 1.82) is 0 Å². The fourth-order valence-corrected chi connectivity index (χ4v) is 4.03. The molecular formula is C24H21FN2O4. The van der Waals surface area contributed by atoms with Crippen LogP contribution in [0.5, 0.6) is 0 Å². The van der Waals surface area contributed by atoms with Crippen LogP contribution in [0.2, 0.25) is 0 Å². The number of cyclic esters (lactones) is 1. The lowest BCUT2D eigenvalue weighted by atomic mass is 10.0. The molecule has 2 fully saturated rings. The number of rotatable bonds is 3. The summed E-state index contributed by atoms with van der Waals surface area (Å²) in [7, 11) is 0. The van der Waals surface area contributed by atoms with Gasteiger partial charge in [0.25, 0.3) is 5.91 Å². The van der Waals surface area contributed by atoms with Crippen molar-refractivity contribution >= 4 is 29.6 Å². The van der Waals surface area contributed by atoms with E-state index in [1.54, 1.807) is 40.1 Å². The number of nitrogens with zero attached hydrogens (tertiary/aromatic N) is 2. The summed E-state index contributed by atoms with van der Waals surface area (Å²) in [5.74, 6) is -0.748. The molecule has 0 radical (unpaired) electrons. The van der Waals surface area contributed by atoms with Crippen LogP contribution in [0.4, 0.5) is 4.39 Å². The lowest BCUT2D eigenvalue weighted by Crippen LogP contribution is -2.51. The van der Waals surface area contributed by atoms with Gasteiger partial charge in [-0.3, -0.25) is 9.59 Å². The maximum Gasteiger partial charge on any atom is 0.344 e. The topological polar surface area (TPSA) is 66.9 Å². The highest BCUT2D eigenvalue weighted by molar-refractivity contribution is 6.06. The minimum atomic E-state index is -0.604. The quantitative estimate of drug-likeness (QED) is 0.716. The van der Waals surface area contributed by atoms with Gasteiger partial charge < -0.3 is 14.5 Å². The minimum absolute atomic E-state index is 0.0334. The van der Waals surface area contributed by atoms with E-state index in [-0.39, 0.29) is 17.4 Å². The summed E-state index contributed by atoms with van der Waals surface area (Å²) in [6.07, 6.45) is 3.53. The predicted molar refractivity (Wildman–Crippen MR) is 111 cm³/mol.